The Kier molecular flexibility index (Phi) is 5.92. The average molecular weight is 313 g/mol. The highest BCUT2D eigenvalue weighted by molar-refractivity contribution is 14.1. The second-order valence-electron chi connectivity index (χ2n) is 4.90. The van der Waals surface area contributed by atoms with E-state index >= 15 is 0 Å². The van der Waals surface area contributed by atoms with Crippen LogP contribution >= 0.6 is 22.9 Å². The Bertz CT molecular complexity index is 171. The lowest BCUT2D eigenvalue weighted by Gasteiger charge is -2.46. The molecule has 0 aromatic rings. The number of aliphatic hydroxyl groups excluding tert-OH is 1. The second kappa shape index (κ2) is 5.66. The number of aliphatic hydroxyl groups is 1. The normalized spacial score (nSPS) is 17.1. The van der Waals surface area contributed by atoms with Crippen LogP contribution in [0.15, 0.2) is 0 Å². The molecule has 0 saturated carbocycles. The van der Waals surface area contributed by atoms with Crippen LogP contribution < -0.4 is 0 Å². The van der Waals surface area contributed by atoms with Gasteiger partial charge < -0.3 is 5.11 Å². The summed E-state index contributed by atoms with van der Waals surface area (Å²) in [5, 5.41) is 9.54. The van der Waals surface area contributed by atoms with Gasteiger partial charge in [-0.2, -0.15) is 0 Å². The number of nitrogens with zero attached hydrogens (tertiary/aromatic N) is 1. The molecule has 14 heavy (non-hydrogen) atoms. The summed E-state index contributed by atoms with van der Waals surface area (Å²) in [6.45, 7) is 9.04. The fourth-order valence-corrected chi connectivity index (χ4v) is 2.42. The molecule has 0 aromatic heterocycles. The zero-order valence-corrected chi connectivity index (χ0v) is 12.3. The Morgan fingerprint density at radius 1 is 1.29 bits per heavy atom. The maximum Gasteiger partial charge on any atom is 0.0625 e. The van der Waals surface area contributed by atoms with Crippen LogP contribution in [-0.2, 0) is 0 Å². The van der Waals surface area contributed by atoms with Crippen molar-refractivity contribution in [2.45, 2.75) is 52.5 Å². The molecule has 0 rings (SSSR count). The Labute approximate surface area is 103 Å². The van der Waals surface area contributed by atoms with Crippen molar-refractivity contribution in [3.8, 4) is 0 Å². The molecule has 2 nitrogen and oxygen atoms in total. The van der Waals surface area contributed by atoms with Gasteiger partial charge in [0.2, 0.25) is 0 Å². The van der Waals surface area contributed by atoms with Crippen LogP contribution in [0.5, 0.6) is 0 Å². The molecule has 0 bridgehead atoms. The number of hydrogen-bond acceptors (Lipinski definition) is 2. The van der Waals surface area contributed by atoms with E-state index in [1.165, 1.54) is 12.8 Å². The molecule has 1 unspecified atom stereocenters. The number of hydrogen-bond donors (Lipinski definition) is 1. The molecule has 0 aromatic carbocycles. The topological polar surface area (TPSA) is 23.5 Å². The molecule has 0 spiro atoms. The fourth-order valence-electron chi connectivity index (χ4n) is 1.62. The van der Waals surface area contributed by atoms with Crippen LogP contribution in [0.25, 0.3) is 0 Å². The first-order chi connectivity index (χ1) is 6.31. The summed E-state index contributed by atoms with van der Waals surface area (Å²) < 4.78 is 2.11. The lowest BCUT2D eigenvalue weighted by Crippen LogP contribution is -2.53. The van der Waals surface area contributed by atoms with E-state index in [2.05, 4.69) is 53.7 Å². The minimum atomic E-state index is -0.136. The van der Waals surface area contributed by atoms with Gasteiger partial charge in [0.05, 0.1) is 12.1 Å². The van der Waals surface area contributed by atoms with Crippen LogP contribution in [0.1, 0.15) is 47.0 Å². The third-order valence-electron chi connectivity index (χ3n) is 3.60. The summed E-state index contributed by atoms with van der Waals surface area (Å²) in [6.07, 6.45) is 3.61. The van der Waals surface area contributed by atoms with Gasteiger partial charge in [-0.15, -0.1) is 0 Å². The van der Waals surface area contributed by atoms with E-state index in [0.717, 1.165) is 6.42 Å². The van der Waals surface area contributed by atoms with Gasteiger partial charge in [0.25, 0.3) is 0 Å². The van der Waals surface area contributed by atoms with Crippen LogP contribution in [0.2, 0.25) is 0 Å². The number of unbranched alkanes of at least 4 members (excludes halogenated alkanes) is 1. The summed E-state index contributed by atoms with van der Waals surface area (Å²) in [7, 11) is 2.03. The summed E-state index contributed by atoms with van der Waals surface area (Å²) in [6, 6.07) is 0. The van der Waals surface area contributed by atoms with E-state index in [1.807, 2.05) is 7.05 Å². The summed E-state index contributed by atoms with van der Waals surface area (Å²) in [5.74, 6) is 0. The van der Waals surface area contributed by atoms with Gasteiger partial charge >= 0.3 is 0 Å². The zero-order chi connectivity index (χ0) is 11.4. The Balaban J connectivity index is 4.63. The quantitative estimate of drug-likeness (QED) is 0.601. The van der Waals surface area contributed by atoms with E-state index < -0.39 is 0 Å². The molecule has 0 aliphatic heterocycles. The van der Waals surface area contributed by atoms with Crippen molar-refractivity contribution in [2.75, 3.05) is 13.7 Å². The molecular formula is C11H24INO. The lowest BCUT2D eigenvalue weighted by molar-refractivity contribution is 0.0228. The van der Waals surface area contributed by atoms with Gasteiger partial charge in [-0.05, 0) is 25.8 Å². The molecule has 0 heterocycles. The molecule has 1 N–H and O–H groups in total. The molecule has 0 radical (unpaired) electrons. The standard InChI is InChI=1S/C11H24INO/c1-6-7-8-10(2,3)11(4,9-14)13(5)12/h14H,6-9H2,1-5H3. The molecule has 0 aliphatic carbocycles. The highest BCUT2D eigenvalue weighted by atomic mass is 127. The zero-order valence-electron chi connectivity index (χ0n) is 10.1. The smallest absolute Gasteiger partial charge is 0.0625 e. The largest absolute Gasteiger partial charge is 0.394 e. The van der Waals surface area contributed by atoms with E-state index in [1.54, 1.807) is 0 Å². The molecule has 86 valence electrons. The third-order valence-corrected chi connectivity index (χ3v) is 4.67. The third kappa shape index (κ3) is 3.07. The summed E-state index contributed by atoms with van der Waals surface area (Å²) >= 11 is 2.27. The first kappa shape index (κ1) is 14.6. The van der Waals surface area contributed by atoms with Gasteiger partial charge in [0, 0.05) is 22.9 Å². The molecule has 1 atom stereocenters. The first-order valence-corrected chi connectivity index (χ1v) is 6.29. The molecule has 0 amide bonds. The maximum absolute atomic E-state index is 9.54. The lowest BCUT2D eigenvalue weighted by atomic mass is 9.70. The second-order valence-corrected chi connectivity index (χ2v) is 6.34. The molecule has 3 heteroatoms. The van der Waals surface area contributed by atoms with Crippen molar-refractivity contribution in [1.82, 2.24) is 3.11 Å². The van der Waals surface area contributed by atoms with Crippen molar-refractivity contribution in [1.29, 1.82) is 0 Å². The number of halogens is 1. The molecule has 0 fully saturated rings. The van der Waals surface area contributed by atoms with Crippen molar-refractivity contribution in [2.24, 2.45) is 5.41 Å². The first-order valence-electron chi connectivity index (χ1n) is 5.32. The highest BCUT2D eigenvalue weighted by Gasteiger charge is 2.42. The van der Waals surface area contributed by atoms with Crippen LogP contribution in [0.3, 0.4) is 0 Å². The molecular weight excluding hydrogens is 289 g/mol. The number of likely N-dealkylation sites (N-methyl/N-ethyl adjacent to an activating group) is 1. The fraction of sp³-hybridized carbons (Fsp3) is 1.00. The van der Waals surface area contributed by atoms with Crippen LogP contribution in [-0.4, -0.2) is 27.4 Å². The Hall–Kier alpha value is 0.650. The van der Waals surface area contributed by atoms with Crippen LogP contribution in [0, 0.1) is 5.41 Å². The van der Waals surface area contributed by atoms with Gasteiger partial charge in [-0.1, -0.05) is 33.6 Å². The Morgan fingerprint density at radius 2 is 1.79 bits per heavy atom. The van der Waals surface area contributed by atoms with Gasteiger partial charge in [0.1, 0.15) is 0 Å². The minimum absolute atomic E-state index is 0.136. The van der Waals surface area contributed by atoms with E-state index in [4.69, 9.17) is 0 Å². The maximum atomic E-state index is 9.54. The minimum Gasteiger partial charge on any atom is -0.394 e. The predicted molar refractivity (Wildman–Crippen MR) is 70.6 cm³/mol. The van der Waals surface area contributed by atoms with Crippen molar-refractivity contribution < 1.29 is 5.11 Å². The van der Waals surface area contributed by atoms with Gasteiger partial charge in [-0.25, -0.2) is 3.11 Å². The van der Waals surface area contributed by atoms with Crippen molar-refractivity contribution in [3.05, 3.63) is 0 Å². The molecule has 0 aliphatic rings. The summed E-state index contributed by atoms with van der Waals surface area (Å²) in [5.41, 5.74) is 0.0103. The van der Waals surface area contributed by atoms with Crippen molar-refractivity contribution >= 4 is 22.9 Å². The molecule has 0 saturated heterocycles. The van der Waals surface area contributed by atoms with Crippen LogP contribution in [0.4, 0.5) is 0 Å². The Morgan fingerprint density at radius 3 is 2.07 bits per heavy atom. The monoisotopic (exact) mass is 313 g/mol. The van der Waals surface area contributed by atoms with E-state index in [9.17, 15) is 5.11 Å². The SMILES string of the molecule is CCCCC(C)(C)C(C)(CO)N(C)I. The van der Waals surface area contributed by atoms with Gasteiger partial charge in [-0.3, -0.25) is 0 Å². The summed E-state index contributed by atoms with van der Waals surface area (Å²) in [4.78, 5) is 0. The number of rotatable bonds is 6. The predicted octanol–water partition coefficient (Wildman–Crippen LogP) is 3.24. The van der Waals surface area contributed by atoms with Gasteiger partial charge in [0.15, 0.2) is 0 Å². The average Bonchev–Trinajstić information content (AvgIpc) is 2.12. The highest BCUT2D eigenvalue weighted by Crippen LogP contribution is 2.40. The van der Waals surface area contributed by atoms with E-state index in [0.29, 0.717) is 0 Å². The van der Waals surface area contributed by atoms with E-state index in [-0.39, 0.29) is 17.6 Å². The van der Waals surface area contributed by atoms with Crippen molar-refractivity contribution in [3.63, 3.8) is 0 Å².